The second-order valence-electron chi connectivity index (χ2n) is 2.88. The average molecular weight is 209 g/mol. The third-order valence-corrected chi connectivity index (χ3v) is 1.45. The first-order valence-electron chi connectivity index (χ1n) is 5.23. The molecule has 0 saturated heterocycles. The third kappa shape index (κ3) is 10.6. The fraction of sp³-hybridized carbons (Fsp3) is 0.417. The van der Waals surface area contributed by atoms with Gasteiger partial charge in [-0.15, -0.1) is 0 Å². The van der Waals surface area contributed by atoms with Crippen molar-refractivity contribution >= 4 is 5.97 Å². The summed E-state index contributed by atoms with van der Waals surface area (Å²) >= 11 is 0. The molecule has 3 heteroatoms. The molecular formula is C12H19NO2. The number of hydrogen-bond acceptors (Lipinski definition) is 3. The van der Waals surface area contributed by atoms with Crippen molar-refractivity contribution in [3.63, 3.8) is 0 Å². The van der Waals surface area contributed by atoms with E-state index in [1.165, 1.54) is 0 Å². The minimum absolute atomic E-state index is 0.181. The number of carbonyl (C=O) groups is 1. The van der Waals surface area contributed by atoms with Gasteiger partial charge < -0.3 is 4.84 Å². The van der Waals surface area contributed by atoms with Crippen LogP contribution in [-0.4, -0.2) is 12.5 Å². The van der Waals surface area contributed by atoms with E-state index in [9.17, 15) is 4.79 Å². The molecule has 1 rings (SSSR count). The Hall–Kier alpha value is -1.35. The van der Waals surface area contributed by atoms with Crippen molar-refractivity contribution in [1.29, 1.82) is 0 Å². The van der Waals surface area contributed by atoms with Gasteiger partial charge in [0.05, 0.1) is 0 Å². The summed E-state index contributed by atoms with van der Waals surface area (Å²) in [5.41, 5.74) is 2.48. The Balaban J connectivity index is 0.000000280. The summed E-state index contributed by atoms with van der Waals surface area (Å²) in [4.78, 5) is 15.1. The van der Waals surface area contributed by atoms with E-state index in [1.807, 2.05) is 50.2 Å². The van der Waals surface area contributed by atoms with Gasteiger partial charge in [0.2, 0.25) is 0 Å². The van der Waals surface area contributed by atoms with Crippen LogP contribution in [0.3, 0.4) is 0 Å². The molecule has 1 aromatic carbocycles. The van der Waals surface area contributed by atoms with Gasteiger partial charge in [-0.3, -0.25) is 4.79 Å². The van der Waals surface area contributed by atoms with Gasteiger partial charge in [0.1, 0.15) is 0 Å². The lowest BCUT2D eigenvalue weighted by Crippen LogP contribution is -2.18. The van der Waals surface area contributed by atoms with Crippen molar-refractivity contribution in [2.75, 3.05) is 6.54 Å². The fourth-order valence-electron chi connectivity index (χ4n) is 0.793. The van der Waals surface area contributed by atoms with Crippen LogP contribution >= 0.6 is 0 Å². The van der Waals surface area contributed by atoms with E-state index in [0.29, 0.717) is 13.0 Å². The molecule has 0 aliphatic rings. The quantitative estimate of drug-likeness (QED) is 0.774. The molecule has 0 amide bonds. The monoisotopic (exact) mass is 209 g/mol. The Morgan fingerprint density at radius 1 is 1.07 bits per heavy atom. The van der Waals surface area contributed by atoms with Crippen molar-refractivity contribution in [1.82, 2.24) is 5.48 Å². The van der Waals surface area contributed by atoms with E-state index in [-0.39, 0.29) is 5.97 Å². The molecule has 0 aliphatic heterocycles. The lowest BCUT2D eigenvalue weighted by molar-refractivity contribution is -0.150. The zero-order chi connectivity index (χ0) is 11.4. The van der Waals surface area contributed by atoms with Gasteiger partial charge in [0.25, 0.3) is 0 Å². The van der Waals surface area contributed by atoms with Crippen molar-refractivity contribution in [2.24, 2.45) is 0 Å². The van der Waals surface area contributed by atoms with Crippen LogP contribution in [0.15, 0.2) is 36.4 Å². The first-order valence-corrected chi connectivity index (χ1v) is 5.23. The molecule has 0 saturated carbocycles. The van der Waals surface area contributed by atoms with Gasteiger partial charge >= 0.3 is 5.97 Å². The van der Waals surface area contributed by atoms with Gasteiger partial charge in [0.15, 0.2) is 0 Å². The molecule has 0 fully saturated rings. The minimum atomic E-state index is -0.181. The molecular weight excluding hydrogens is 190 g/mol. The molecule has 0 atom stereocenters. The lowest BCUT2D eigenvalue weighted by atomic mass is 10.3. The number of rotatable bonds is 4. The van der Waals surface area contributed by atoms with Crippen LogP contribution in [0.1, 0.15) is 26.7 Å². The fourth-order valence-corrected chi connectivity index (χ4v) is 0.793. The Bertz CT molecular complexity index is 210. The molecule has 1 aromatic rings. The number of carbonyl (C=O) groups excluding carboxylic acids is 1. The Kier molecular flexibility index (Phi) is 9.76. The zero-order valence-electron chi connectivity index (χ0n) is 9.40. The van der Waals surface area contributed by atoms with Gasteiger partial charge in [-0.05, 0) is 13.3 Å². The number of hydrogen-bond donors (Lipinski definition) is 1. The topological polar surface area (TPSA) is 38.3 Å². The largest absolute Gasteiger partial charge is 0.371 e. The van der Waals surface area contributed by atoms with Crippen LogP contribution in [0.25, 0.3) is 0 Å². The summed E-state index contributed by atoms with van der Waals surface area (Å²) in [6.07, 6.45) is 1.33. The standard InChI is InChI=1S/C6H13NO2.C6H6/c1-3-5-6(8)9-7-4-2;1-2-4-6-5-3-1/h7H,3-5H2,1-2H3;1-6H. The maximum Gasteiger partial charge on any atom is 0.324 e. The van der Waals surface area contributed by atoms with E-state index in [4.69, 9.17) is 0 Å². The van der Waals surface area contributed by atoms with Crippen molar-refractivity contribution in [3.8, 4) is 0 Å². The molecule has 15 heavy (non-hydrogen) atoms. The van der Waals surface area contributed by atoms with E-state index < -0.39 is 0 Å². The molecule has 0 spiro atoms. The Morgan fingerprint density at radius 2 is 1.53 bits per heavy atom. The van der Waals surface area contributed by atoms with Crippen LogP contribution in [0, 0.1) is 0 Å². The maximum absolute atomic E-state index is 10.5. The molecule has 0 aliphatic carbocycles. The van der Waals surface area contributed by atoms with E-state index >= 15 is 0 Å². The molecule has 0 unspecified atom stereocenters. The van der Waals surface area contributed by atoms with E-state index in [2.05, 4.69) is 10.3 Å². The second-order valence-corrected chi connectivity index (χ2v) is 2.88. The predicted octanol–water partition coefficient (Wildman–Crippen LogP) is 2.54. The van der Waals surface area contributed by atoms with Crippen LogP contribution in [0.2, 0.25) is 0 Å². The SMILES string of the molecule is CCCC(=O)ONCC.c1ccccc1. The molecule has 3 nitrogen and oxygen atoms in total. The van der Waals surface area contributed by atoms with Crippen LogP contribution < -0.4 is 5.48 Å². The first kappa shape index (κ1) is 13.7. The smallest absolute Gasteiger partial charge is 0.324 e. The van der Waals surface area contributed by atoms with E-state index in [1.54, 1.807) is 0 Å². The summed E-state index contributed by atoms with van der Waals surface area (Å²) in [7, 11) is 0. The number of nitrogens with one attached hydrogen (secondary N) is 1. The molecule has 84 valence electrons. The minimum Gasteiger partial charge on any atom is -0.371 e. The van der Waals surface area contributed by atoms with Gasteiger partial charge in [-0.2, -0.15) is 5.48 Å². The lowest BCUT2D eigenvalue weighted by Gasteiger charge is -1.99. The predicted molar refractivity (Wildman–Crippen MR) is 61.1 cm³/mol. The van der Waals surface area contributed by atoms with E-state index in [0.717, 1.165) is 6.42 Å². The molecule has 0 aromatic heterocycles. The van der Waals surface area contributed by atoms with Gasteiger partial charge in [-0.25, -0.2) is 0 Å². The Labute approximate surface area is 91.4 Å². The normalized spacial score (nSPS) is 8.67. The van der Waals surface area contributed by atoms with Crippen LogP contribution in [0.4, 0.5) is 0 Å². The highest BCUT2D eigenvalue weighted by Crippen LogP contribution is 1.87. The molecule has 1 N–H and O–H groups in total. The average Bonchev–Trinajstić information content (AvgIpc) is 2.30. The molecule has 0 heterocycles. The number of hydroxylamine groups is 1. The van der Waals surface area contributed by atoms with Crippen molar-refractivity contribution < 1.29 is 9.63 Å². The highest BCUT2D eigenvalue weighted by molar-refractivity contribution is 5.68. The van der Waals surface area contributed by atoms with Crippen molar-refractivity contribution in [2.45, 2.75) is 26.7 Å². The highest BCUT2D eigenvalue weighted by atomic mass is 16.7. The first-order chi connectivity index (χ1) is 7.31. The highest BCUT2D eigenvalue weighted by Gasteiger charge is 1.97. The second kappa shape index (κ2) is 10.7. The van der Waals surface area contributed by atoms with Crippen LogP contribution in [-0.2, 0) is 9.63 Å². The number of benzene rings is 1. The van der Waals surface area contributed by atoms with Crippen molar-refractivity contribution in [3.05, 3.63) is 36.4 Å². The summed E-state index contributed by atoms with van der Waals surface area (Å²) in [6, 6.07) is 12.0. The summed E-state index contributed by atoms with van der Waals surface area (Å²) in [6.45, 7) is 4.47. The van der Waals surface area contributed by atoms with Gasteiger partial charge in [-0.1, -0.05) is 43.3 Å². The third-order valence-electron chi connectivity index (χ3n) is 1.45. The molecule has 0 bridgehead atoms. The zero-order valence-corrected chi connectivity index (χ0v) is 9.40. The summed E-state index contributed by atoms with van der Waals surface area (Å²) in [5.74, 6) is -0.181. The van der Waals surface area contributed by atoms with Crippen LogP contribution in [0.5, 0.6) is 0 Å². The Morgan fingerprint density at radius 3 is 1.87 bits per heavy atom. The molecule has 0 radical (unpaired) electrons. The maximum atomic E-state index is 10.5. The summed E-state index contributed by atoms with van der Waals surface area (Å²) in [5, 5.41) is 0. The van der Waals surface area contributed by atoms with Gasteiger partial charge in [0, 0.05) is 13.0 Å². The summed E-state index contributed by atoms with van der Waals surface area (Å²) < 4.78 is 0.